The van der Waals surface area contributed by atoms with E-state index in [-0.39, 0.29) is 11.5 Å². The summed E-state index contributed by atoms with van der Waals surface area (Å²) in [4.78, 5) is 15.7. The second kappa shape index (κ2) is 27.6. The van der Waals surface area contributed by atoms with E-state index in [1.165, 1.54) is 160 Å². The molecule has 3 rings (SSSR count). The van der Waals surface area contributed by atoms with Crippen LogP contribution in [0.4, 0.5) is 5.69 Å². The molecule has 0 saturated heterocycles. The van der Waals surface area contributed by atoms with Crippen LogP contribution in [0.3, 0.4) is 0 Å². The lowest BCUT2D eigenvalue weighted by Crippen LogP contribution is -2.25. The van der Waals surface area contributed by atoms with Gasteiger partial charge in [0.25, 0.3) is 0 Å². The summed E-state index contributed by atoms with van der Waals surface area (Å²) in [6.07, 6.45) is 34.0. The van der Waals surface area contributed by atoms with Gasteiger partial charge in [-0.25, -0.2) is 0 Å². The molecule has 0 bridgehead atoms. The van der Waals surface area contributed by atoms with Crippen molar-refractivity contribution in [2.75, 3.05) is 24.6 Å². The molecule has 0 saturated carbocycles. The minimum absolute atomic E-state index is 0.216. The first kappa shape index (κ1) is 43.5. The average Bonchev–Trinajstić information content (AvgIpc) is 3.16. The smallest absolute Gasteiger partial charge is 0.235 e. The van der Waals surface area contributed by atoms with Gasteiger partial charge in [0.15, 0.2) is 5.76 Å². The fourth-order valence-corrected chi connectivity index (χ4v) is 7.30. The molecule has 0 fully saturated rings. The van der Waals surface area contributed by atoms with Crippen LogP contribution < -0.4 is 15.1 Å². The Kier molecular flexibility index (Phi) is 23.1. The number of anilines is 1. The van der Waals surface area contributed by atoms with Crippen LogP contribution >= 0.6 is 0 Å². The highest BCUT2D eigenvalue weighted by molar-refractivity contribution is 5.83. The molecule has 5 nitrogen and oxygen atoms in total. The van der Waals surface area contributed by atoms with Crippen molar-refractivity contribution >= 4 is 16.7 Å². The number of hydrogen-bond acceptors (Lipinski definition) is 5. The Morgan fingerprint density at radius 2 is 1.00 bits per heavy atom. The van der Waals surface area contributed by atoms with E-state index < -0.39 is 5.43 Å². The third-order valence-corrected chi connectivity index (χ3v) is 10.7. The van der Waals surface area contributed by atoms with Crippen LogP contribution in [0.1, 0.15) is 188 Å². The first-order valence-electron chi connectivity index (χ1n) is 21.9. The summed E-state index contributed by atoms with van der Waals surface area (Å²) >= 11 is 0. The number of fused-ring (bicyclic) bond motifs is 1. The fourth-order valence-electron chi connectivity index (χ4n) is 7.30. The third kappa shape index (κ3) is 16.8. The van der Waals surface area contributed by atoms with Gasteiger partial charge in [0.2, 0.25) is 11.2 Å². The largest absolute Gasteiger partial charge is 0.502 e. The van der Waals surface area contributed by atoms with E-state index in [0.29, 0.717) is 28.9 Å². The third-order valence-electron chi connectivity index (χ3n) is 10.7. The quantitative estimate of drug-likeness (QED) is 0.0651. The summed E-state index contributed by atoms with van der Waals surface area (Å²) in [6.45, 7) is 9.56. The first-order valence-corrected chi connectivity index (χ1v) is 21.9. The molecule has 292 valence electrons. The van der Waals surface area contributed by atoms with Gasteiger partial charge in [-0.15, -0.1) is 0 Å². The lowest BCUT2D eigenvalue weighted by molar-refractivity contribution is 0.304. The van der Waals surface area contributed by atoms with Gasteiger partial charge >= 0.3 is 0 Å². The van der Waals surface area contributed by atoms with Crippen LogP contribution in [0.2, 0.25) is 0 Å². The van der Waals surface area contributed by atoms with Crippen molar-refractivity contribution in [3.8, 4) is 22.8 Å². The zero-order valence-electron chi connectivity index (χ0n) is 33.7. The number of unbranched alkanes of at least 4 members (excludes halogenated alkanes) is 23. The molecule has 0 aliphatic rings. The van der Waals surface area contributed by atoms with Crippen molar-refractivity contribution in [2.24, 2.45) is 0 Å². The van der Waals surface area contributed by atoms with E-state index in [9.17, 15) is 9.90 Å². The minimum Gasteiger partial charge on any atom is -0.502 e. The highest BCUT2D eigenvalue weighted by atomic mass is 16.5. The number of nitrogens with zero attached hydrogens (tertiary/aromatic N) is 1. The summed E-state index contributed by atoms with van der Waals surface area (Å²) in [5.74, 6) is 0.562. The number of aromatic hydroxyl groups is 1. The number of hydrogen-bond donors (Lipinski definition) is 1. The van der Waals surface area contributed by atoms with Gasteiger partial charge in [0.05, 0.1) is 12.0 Å². The molecule has 0 unspecified atom stereocenters. The standard InChI is InChI=1S/C47H75NO4/c1-4-7-10-13-16-18-20-22-24-27-36-48(37-28-25-23-21-19-17-14-11-8-5-2)41-32-30-40(31-33-41)47-46(50)45(49)43-35-34-42(39-44(43)52-47)51-38-29-26-15-12-9-6-3/h30-35,39,50H,4-29,36-38H2,1-3H3. The Balaban J connectivity index is 1.59. The summed E-state index contributed by atoms with van der Waals surface area (Å²) in [5.41, 5.74) is 1.93. The van der Waals surface area contributed by atoms with Crippen molar-refractivity contribution in [2.45, 2.75) is 188 Å². The van der Waals surface area contributed by atoms with Gasteiger partial charge in [0, 0.05) is 30.4 Å². The van der Waals surface area contributed by atoms with E-state index in [1.807, 2.05) is 12.1 Å². The van der Waals surface area contributed by atoms with Crippen molar-refractivity contribution < 1.29 is 14.3 Å². The van der Waals surface area contributed by atoms with Gasteiger partial charge in [0.1, 0.15) is 11.3 Å². The Morgan fingerprint density at radius 3 is 1.48 bits per heavy atom. The van der Waals surface area contributed by atoms with Gasteiger partial charge < -0.3 is 19.2 Å². The van der Waals surface area contributed by atoms with Crippen molar-refractivity contribution in [1.29, 1.82) is 0 Å². The Hall–Kier alpha value is -2.95. The first-order chi connectivity index (χ1) is 25.6. The molecule has 1 N–H and O–H groups in total. The zero-order valence-corrected chi connectivity index (χ0v) is 33.7. The second-order valence-corrected chi connectivity index (χ2v) is 15.3. The lowest BCUT2D eigenvalue weighted by atomic mass is 10.1. The van der Waals surface area contributed by atoms with Gasteiger partial charge in [-0.3, -0.25) is 4.79 Å². The summed E-state index contributed by atoms with van der Waals surface area (Å²) in [5, 5.41) is 11.3. The SMILES string of the molecule is CCCCCCCCCCCCN(CCCCCCCCCCCC)c1ccc(-c2oc3cc(OCCCCCCCC)ccc3c(=O)c2O)cc1. The monoisotopic (exact) mass is 718 g/mol. The Morgan fingerprint density at radius 1 is 0.558 bits per heavy atom. The van der Waals surface area contributed by atoms with Crippen molar-refractivity contribution in [1.82, 2.24) is 0 Å². The Labute approximate surface area is 317 Å². The molecule has 52 heavy (non-hydrogen) atoms. The molecule has 0 aliphatic carbocycles. The zero-order chi connectivity index (χ0) is 37.1. The van der Waals surface area contributed by atoms with E-state index in [4.69, 9.17) is 9.15 Å². The highest BCUT2D eigenvalue weighted by Crippen LogP contribution is 2.33. The van der Waals surface area contributed by atoms with Crippen molar-refractivity contribution in [3.63, 3.8) is 0 Å². The molecule has 0 spiro atoms. The lowest BCUT2D eigenvalue weighted by Gasteiger charge is -2.25. The molecule has 0 atom stereocenters. The number of ether oxygens (including phenoxy) is 1. The van der Waals surface area contributed by atoms with Gasteiger partial charge in [-0.05, 0) is 55.7 Å². The van der Waals surface area contributed by atoms with Crippen LogP contribution in [0.5, 0.6) is 11.5 Å². The van der Waals surface area contributed by atoms with Crippen LogP contribution in [-0.2, 0) is 0 Å². The van der Waals surface area contributed by atoms with Gasteiger partial charge in [-0.2, -0.15) is 0 Å². The summed E-state index contributed by atoms with van der Waals surface area (Å²) < 4.78 is 12.2. The molecule has 0 amide bonds. The molecule has 0 radical (unpaired) electrons. The topological polar surface area (TPSA) is 62.9 Å². The van der Waals surface area contributed by atoms with Gasteiger partial charge in [-0.1, -0.05) is 168 Å². The summed E-state index contributed by atoms with van der Waals surface area (Å²) in [7, 11) is 0. The Bertz CT molecular complexity index is 1360. The molecule has 1 aromatic heterocycles. The van der Waals surface area contributed by atoms with E-state index >= 15 is 0 Å². The molecule has 5 heteroatoms. The van der Waals surface area contributed by atoms with E-state index in [2.05, 4.69) is 37.8 Å². The molecule has 1 heterocycles. The molecule has 3 aromatic rings. The van der Waals surface area contributed by atoms with Crippen LogP contribution in [-0.4, -0.2) is 24.8 Å². The van der Waals surface area contributed by atoms with Crippen LogP contribution in [0.25, 0.3) is 22.3 Å². The van der Waals surface area contributed by atoms with Crippen LogP contribution in [0.15, 0.2) is 51.7 Å². The number of rotatable bonds is 32. The normalized spacial score (nSPS) is 11.4. The second-order valence-electron chi connectivity index (χ2n) is 15.3. The molecule has 2 aromatic carbocycles. The summed E-state index contributed by atoms with van der Waals surface area (Å²) in [6, 6.07) is 13.5. The van der Waals surface area contributed by atoms with Crippen LogP contribution in [0, 0.1) is 0 Å². The highest BCUT2D eigenvalue weighted by Gasteiger charge is 2.17. The maximum Gasteiger partial charge on any atom is 0.235 e. The van der Waals surface area contributed by atoms with Crippen molar-refractivity contribution in [3.05, 3.63) is 52.7 Å². The predicted octanol–water partition coefficient (Wildman–Crippen LogP) is 14.6. The minimum atomic E-state index is -0.411. The molecular weight excluding hydrogens is 643 g/mol. The predicted molar refractivity (Wildman–Crippen MR) is 224 cm³/mol. The fraction of sp³-hybridized carbons (Fsp3) is 0.681. The molecular formula is C47H75NO4. The maximum absolute atomic E-state index is 13.2. The van der Waals surface area contributed by atoms with E-state index in [0.717, 1.165) is 25.9 Å². The average molecular weight is 718 g/mol. The molecule has 0 aliphatic heterocycles. The maximum atomic E-state index is 13.2. The van der Waals surface area contributed by atoms with E-state index in [1.54, 1.807) is 18.2 Å². The number of benzene rings is 2.